The number of ether oxygens (including phenoxy) is 1. The summed E-state index contributed by atoms with van der Waals surface area (Å²) in [6.45, 7) is 0.865. The lowest BCUT2D eigenvalue weighted by molar-refractivity contribution is 0.235. The molecule has 0 heterocycles. The Kier molecular flexibility index (Phi) is 6.20. The van der Waals surface area contributed by atoms with Gasteiger partial charge < -0.3 is 15.4 Å². The van der Waals surface area contributed by atoms with E-state index in [4.69, 9.17) is 4.74 Å². The van der Waals surface area contributed by atoms with E-state index in [0.29, 0.717) is 6.08 Å². The third-order valence-electron chi connectivity index (χ3n) is 3.66. The topological polar surface area (TPSA) is 50.4 Å². The molecule has 0 aromatic heterocycles. The third-order valence-corrected chi connectivity index (χ3v) is 4.93. The van der Waals surface area contributed by atoms with Crippen molar-refractivity contribution < 1.29 is 29.0 Å². The number of urea groups is 1. The second-order valence-corrected chi connectivity index (χ2v) is 8.11. The zero-order valence-electron chi connectivity index (χ0n) is 14.0. The smallest absolute Gasteiger partial charge is 0.319 e. The van der Waals surface area contributed by atoms with Crippen LogP contribution in [0, 0.1) is 0 Å². The molecular weight excluding hydrogens is 367 g/mol. The summed E-state index contributed by atoms with van der Waals surface area (Å²) >= 11 is 0. The van der Waals surface area contributed by atoms with Gasteiger partial charge in [0.25, 0.3) is 0 Å². The van der Waals surface area contributed by atoms with Gasteiger partial charge in [0, 0.05) is 12.2 Å². The minimum absolute atomic E-state index is 0.0476. The standard InChI is InChI=1S/C15H23F5N2O2S/c1-3-14(25(16,17,18,19)20)10-9-13(24-2)11-21-15(23)22-12-7-5-4-6-8-12/h3,9-12H,4-8H2,1-2H3,(H2,21,22,23)/b10-9-,13-11-,14-3+. The predicted molar refractivity (Wildman–Crippen MR) is 89.7 cm³/mol. The number of hydrogen-bond acceptors (Lipinski definition) is 2. The highest BCUT2D eigenvalue weighted by Gasteiger charge is 2.65. The Morgan fingerprint density at radius 2 is 1.68 bits per heavy atom. The number of allylic oxidation sites excluding steroid dienone is 3. The van der Waals surface area contributed by atoms with Crippen molar-refractivity contribution in [3.8, 4) is 0 Å². The number of carbonyl (C=O) groups excluding carboxylic acids is 1. The van der Waals surface area contributed by atoms with Crippen molar-refractivity contribution in [2.24, 2.45) is 0 Å². The average Bonchev–Trinajstić information content (AvgIpc) is 2.49. The summed E-state index contributed by atoms with van der Waals surface area (Å²) in [4.78, 5) is 9.70. The fourth-order valence-electron chi connectivity index (χ4n) is 2.40. The zero-order chi connectivity index (χ0) is 19.2. The van der Waals surface area contributed by atoms with E-state index >= 15 is 0 Å². The predicted octanol–water partition coefficient (Wildman–Crippen LogP) is 5.86. The molecule has 1 aliphatic rings. The minimum atomic E-state index is -9.76. The Labute approximate surface area is 143 Å². The number of halogens is 5. The van der Waals surface area contributed by atoms with Gasteiger partial charge in [-0.25, -0.2) is 4.79 Å². The average molecular weight is 390 g/mol. The van der Waals surface area contributed by atoms with Gasteiger partial charge >= 0.3 is 16.3 Å². The lowest BCUT2D eigenvalue weighted by Gasteiger charge is -2.41. The second kappa shape index (κ2) is 7.27. The maximum atomic E-state index is 12.7. The summed E-state index contributed by atoms with van der Waals surface area (Å²) in [5, 5.41) is 5.04. The van der Waals surface area contributed by atoms with Crippen molar-refractivity contribution in [2.75, 3.05) is 7.11 Å². The highest BCUT2D eigenvalue weighted by molar-refractivity contribution is 8.48. The lowest BCUT2D eigenvalue weighted by Crippen LogP contribution is -2.41. The Hall–Kier alpha value is -1.71. The molecule has 0 aromatic carbocycles. The maximum absolute atomic E-state index is 12.7. The molecule has 0 spiro atoms. The molecule has 1 fully saturated rings. The van der Waals surface area contributed by atoms with Gasteiger partial charge in [0.05, 0.1) is 7.11 Å². The summed E-state index contributed by atoms with van der Waals surface area (Å²) in [6.07, 6.45) is 7.12. The van der Waals surface area contributed by atoms with Gasteiger partial charge in [-0.2, -0.15) is 0 Å². The van der Waals surface area contributed by atoms with Crippen molar-refractivity contribution in [1.82, 2.24) is 10.6 Å². The molecule has 0 atom stereocenters. The Morgan fingerprint density at radius 3 is 2.16 bits per heavy atom. The van der Waals surface area contributed by atoms with Crippen molar-refractivity contribution >= 4 is 16.3 Å². The third kappa shape index (κ3) is 7.80. The molecule has 0 aromatic rings. The molecule has 0 saturated heterocycles. The van der Waals surface area contributed by atoms with Crippen molar-refractivity contribution in [2.45, 2.75) is 45.1 Å². The van der Waals surface area contributed by atoms with Crippen LogP contribution in [0.4, 0.5) is 24.2 Å². The van der Waals surface area contributed by atoms with Gasteiger partial charge in [-0.15, -0.1) is 0 Å². The summed E-state index contributed by atoms with van der Waals surface area (Å²) in [6, 6.07) is -0.486. The molecule has 0 bridgehead atoms. The van der Waals surface area contributed by atoms with Crippen LogP contribution in [-0.2, 0) is 4.74 Å². The van der Waals surface area contributed by atoms with Crippen LogP contribution in [-0.4, -0.2) is 19.2 Å². The van der Waals surface area contributed by atoms with Crippen molar-refractivity contribution in [3.05, 3.63) is 35.1 Å². The van der Waals surface area contributed by atoms with E-state index in [-0.39, 0.29) is 24.0 Å². The quantitative estimate of drug-likeness (QED) is 0.339. The molecule has 1 rings (SSSR count). The summed E-state index contributed by atoms with van der Waals surface area (Å²) in [7, 11) is -8.61. The minimum Gasteiger partial charge on any atom is -0.495 e. The highest BCUT2D eigenvalue weighted by atomic mass is 32.5. The van der Waals surface area contributed by atoms with E-state index in [2.05, 4.69) is 10.6 Å². The van der Waals surface area contributed by atoms with Crippen molar-refractivity contribution in [1.29, 1.82) is 0 Å². The number of carbonyl (C=O) groups is 1. The number of hydrogen-bond donors (Lipinski definition) is 2. The van der Waals surface area contributed by atoms with E-state index < -0.39 is 21.2 Å². The van der Waals surface area contributed by atoms with Gasteiger partial charge in [0.15, 0.2) is 0 Å². The van der Waals surface area contributed by atoms with Crippen LogP contribution in [0.1, 0.15) is 39.0 Å². The molecule has 10 heteroatoms. The summed E-state index contributed by atoms with van der Waals surface area (Å²) < 4.78 is 68.5. The summed E-state index contributed by atoms with van der Waals surface area (Å²) in [5.74, 6) is -0.208. The first-order valence-electron chi connectivity index (χ1n) is 7.75. The van der Waals surface area contributed by atoms with Gasteiger partial charge in [0.1, 0.15) is 10.7 Å². The normalized spacial score (nSPS) is 20.8. The fraction of sp³-hybridized carbons (Fsp3) is 0.533. The molecule has 0 radical (unpaired) electrons. The molecule has 2 N–H and O–H groups in total. The molecule has 1 aliphatic carbocycles. The number of amides is 2. The number of nitrogens with one attached hydrogen (secondary N) is 2. The second-order valence-electron chi connectivity index (χ2n) is 5.70. The Balaban J connectivity index is 2.71. The number of rotatable bonds is 6. The van der Waals surface area contributed by atoms with Crippen LogP contribution in [0.15, 0.2) is 35.1 Å². The molecule has 0 aliphatic heterocycles. The maximum Gasteiger partial charge on any atom is 0.319 e. The largest absolute Gasteiger partial charge is 0.495 e. The first-order valence-corrected chi connectivity index (χ1v) is 9.70. The van der Waals surface area contributed by atoms with E-state index in [1.807, 2.05) is 0 Å². The monoisotopic (exact) mass is 390 g/mol. The van der Waals surface area contributed by atoms with Crippen LogP contribution in [0.2, 0.25) is 0 Å². The molecule has 25 heavy (non-hydrogen) atoms. The summed E-state index contributed by atoms with van der Waals surface area (Å²) in [5.41, 5.74) is 0. The van der Waals surface area contributed by atoms with Crippen LogP contribution >= 0.6 is 10.2 Å². The SMILES string of the molecule is C\C=C(/C=C\C(=C\NC(=O)NC1CCCCC1)OC)S(F)(F)(F)(F)F. The van der Waals surface area contributed by atoms with Crippen LogP contribution in [0.5, 0.6) is 0 Å². The molecule has 0 unspecified atom stereocenters. The van der Waals surface area contributed by atoms with Gasteiger partial charge in [-0.1, -0.05) is 44.8 Å². The zero-order valence-corrected chi connectivity index (χ0v) is 14.9. The van der Waals surface area contributed by atoms with Crippen LogP contribution in [0.3, 0.4) is 0 Å². The van der Waals surface area contributed by atoms with Gasteiger partial charge in [-0.3, -0.25) is 0 Å². The van der Waals surface area contributed by atoms with Crippen LogP contribution < -0.4 is 10.6 Å². The van der Waals surface area contributed by atoms with E-state index in [9.17, 15) is 24.2 Å². The first kappa shape index (κ1) is 21.3. The Morgan fingerprint density at radius 1 is 1.08 bits per heavy atom. The van der Waals surface area contributed by atoms with Crippen LogP contribution in [0.25, 0.3) is 0 Å². The number of methoxy groups -OCH3 is 1. The molecule has 1 saturated carbocycles. The molecular formula is C15H23F5N2O2S. The van der Waals surface area contributed by atoms with Gasteiger partial charge in [-0.05, 0) is 31.9 Å². The fourth-order valence-corrected chi connectivity index (χ4v) is 3.17. The van der Waals surface area contributed by atoms with E-state index in [1.54, 1.807) is 0 Å². The first-order chi connectivity index (χ1) is 11.4. The van der Waals surface area contributed by atoms with Gasteiger partial charge in [0.2, 0.25) is 0 Å². The Bertz CT molecular complexity index is 578. The van der Waals surface area contributed by atoms with E-state index in [1.165, 1.54) is 0 Å². The lowest BCUT2D eigenvalue weighted by atomic mass is 9.96. The molecule has 4 nitrogen and oxygen atoms in total. The van der Waals surface area contributed by atoms with Crippen molar-refractivity contribution in [3.63, 3.8) is 0 Å². The molecule has 146 valence electrons. The highest BCUT2D eigenvalue weighted by Crippen LogP contribution is 3.02. The molecule has 2 amide bonds. The van der Waals surface area contributed by atoms with E-state index in [0.717, 1.165) is 52.3 Å².